The lowest BCUT2D eigenvalue weighted by Crippen LogP contribution is -2.12. The molecule has 0 fully saturated rings. The maximum absolute atomic E-state index is 12.3. The van der Waals surface area contributed by atoms with Crippen molar-refractivity contribution < 1.29 is 4.79 Å². The number of hydrogen-bond donors (Lipinski definition) is 0. The minimum absolute atomic E-state index is 0.174. The Bertz CT molecular complexity index is 494. The molecule has 1 aromatic carbocycles. The Hall–Kier alpha value is -1.15. The van der Waals surface area contributed by atoms with Crippen molar-refractivity contribution in [2.45, 2.75) is 26.7 Å². The molecule has 16 heavy (non-hydrogen) atoms. The van der Waals surface area contributed by atoms with Crippen molar-refractivity contribution in [1.29, 1.82) is 0 Å². The van der Waals surface area contributed by atoms with Crippen molar-refractivity contribution in [3.63, 3.8) is 0 Å². The summed E-state index contributed by atoms with van der Waals surface area (Å²) in [4.78, 5) is 12.3. The highest BCUT2D eigenvalue weighted by Gasteiger charge is 2.18. The van der Waals surface area contributed by atoms with E-state index in [4.69, 9.17) is 0 Å². The highest BCUT2D eigenvalue weighted by molar-refractivity contribution is 7.17. The quantitative estimate of drug-likeness (QED) is 0.708. The van der Waals surface area contributed by atoms with E-state index in [0.717, 1.165) is 23.1 Å². The number of carbonyl (C=O) groups is 1. The number of hydrogen-bond acceptors (Lipinski definition) is 2. The Morgan fingerprint density at radius 1 is 1.25 bits per heavy atom. The summed E-state index contributed by atoms with van der Waals surface area (Å²) >= 11 is 1.66. The standard InChI is InChI=1S/C14H16OS/c1-3-10(4-2)13(15)12-7-5-6-11-8-9-16-14(11)12/h5-10H,3-4H2,1-2H3. The molecule has 1 nitrogen and oxygen atoms in total. The summed E-state index contributed by atoms with van der Waals surface area (Å²) in [5.41, 5.74) is 0.904. The molecule has 0 aliphatic rings. The normalized spacial score (nSPS) is 11.2. The summed E-state index contributed by atoms with van der Waals surface area (Å²) in [6, 6.07) is 8.07. The van der Waals surface area contributed by atoms with Crippen molar-refractivity contribution >= 4 is 27.2 Å². The zero-order chi connectivity index (χ0) is 11.5. The van der Waals surface area contributed by atoms with Crippen LogP contribution < -0.4 is 0 Å². The van der Waals surface area contributed by atoms with Crippen LogP contribution in [-0.4, -0.2) is 5.78 Å². The minimum Gasteiger partial charge on any atom is -0.294 e. The van der Waals surface area contributed by atoms with Gasteiger partial charge in [-0.05, 0) is 35.7 Å². The van der Waals surface area contributed by atoms with Crippen LogP contribution in [0.25, 0.3) is 10.1 Å². The van der Waals surface area contributed by atoms with E-state index in [1.165, 1.54) is 5.39 Å². The average Bonchev–Trinajstić information content (AvgIpc) is 2.78. The van der Waals surface area contributed by atoms with Gasteiger partial charge in [0, 0.05) is 16.2 Å². The second-order valence-electron chi connectivity index (χ2n) is 4.02. The summed E-state index contributed by atoms with van der Waals surface area (Å²) in [6.07, 6.45) is 1.86. The van der Waals surface area contributed by atoms with Crippen molar-refractivity contribution in [3.8, 4) is 0 Å². The van der Waals surface area contributed by atoms with Gasteiger partial charge in [0.15, 0.2) is 5.78 Å². The van der Waals surface area contributed by atoms with Gasteiger partial charge in [0.25, 0.3) is 0 Å². The number of benzene rings is 1. The number of fused-ring (bicyclic) bond motifs is 1. The molecule has 0 bridgehead atoms. The van der Waals surface area contributed by atoms with E-state index in [9.17, 15) is 4.79 Å². The van der Waals surface area contributed by atoms with E-state index < -0.39 is 0 Å². The highest BCUT2D eigenvalue weighted by Crippen LogP contribution is 2.27. The van der Waals surface area contributed by atoms with Crippen LogP contribution >= 0.6 is 11.3 Å². The first kappa shape index (κ1) is 11.3. The van der Waals surface area contributed by atoms with Crippen molar-refractivity contribution in [1.82, 2.24) is 0 Å². The zero-order valence-electron chi connectivity index (χ0n) is 9.69. The lowest BCUT2D eigenvalue weighted by atomic mass is 9.92. The van der Waals surface area contributed by atoms with Gasteiger partial charge in [-0.25, -0.2) is 0 Å². The fourth-order valence-corrected chi connectivity index (χ4v) is 2.98. The Morgan fingerprint density at radius 3 is 2.69 bits per heavy atom. The van der Waals surface area contributed by atoms with Crippen LogP contribution in [0.1, 0.15) is 37.0 Å². The van der Waals surface area contributed by atoms with E-state index in [0.29, 0.717) is 5.78 Å². The fourth-order valence-electron chi connectivity index (χ4n) is 2.07. The highest BCUT2D eigenvalue weighted by atomic mass is 32.1. The molecule has 2 aromatic rings. The molecule has 84 valence electrons. The maximum Gasteiger partial charge on any atom is 0.167 e. The molecule has 0 aliphatic heterocycles. The molecular formula is C14H16OS. The molecular weight excluding hydrogens is 216 g/mol. The smallest absolute Gasteiger partial charge is 0.167 e. The number of ketones is 1. The monoisotopic (exact) mass is 232 g/mol. The molecule has 2 rings (SSSR count). The lowest BCUT2D eigenvalue weighted by molar-refractivity contribution is 0.0915. The van der Waals surface area contributed by atoms with Gasteiger partial charge < -0.3 is 0 Å². The van der Waals surface area contributed by atoms with Crippen LogP contribution in [0.4, 0.5) is 0 Å². The first-order valence-corrected chi connectivity index (χ1v) is 6.66. The molecule has 1 heterocycles. The van der Waals surface area contributed by atoms with Crippen LogP contribution in [0.3, 0.4) is 0 Å². The third-order valence-electron chi connectivity index (χ3n) is 3.10. The van der Waals surface area contributed by atoms with Crippen LogP contribution in [0.5, 0.6) is 0 Å². The molecule has 0 atom stereocenters. The predicted molar refractivity (Wildman–Crippen MR) is 70.2 cm³/mol. The van der Waals surface area contributed by atoms with Gasteiger partial charge in [0.1, 0.15) is 0 Å². The third kappa shape index (κ3) is 1.90. The summed E-state index contributed by atoms with van der Waals surface area (Å²) in [5, 5.41) is 3.23. The summed E-state index contributed by atoms with van der Waals surface area (Å²) in [7, 11) is 0. The molecule has 2 heteroatoms. The van der Waals surface area contributed by atoms with Gasteiger partial charge >= 0.3 is 0 Å². The van der Waals surface area contributed by atoms with E-state index in [1.54, 1.807) is 11.3 Å². The van der Waals surface area contributed by atoms with Crippen LogP contribution in [0, 0.1) is 5.92 Å². The van der Waals surface area contributed by atoms with Crippen molar-refractivity contribution in [2.75, 3.05) is 0 Å². The molecule has 0 saturated carbocycles. The molecule has 0 spiro atoms. The van der Waals surface area contributed by atoms with Gasteiger partial charge in [-0.15, -0.1) is 11.3 Å². The lowest BCUT2D eigenvalue weighted by Gasteiger charge is -2.11. The molecule has 0 radical (unpaired) electrons. The number of thiophene rings is 1. The van der Waals surface area contributed by atoms with E-state index >= 15 is 0 Å². The molecule has 0 amide bonds. The maximum atomic E-state index is 12.3. The SMILES string of the molecule is CCC(CC)C(=O)c1cccc2ccsc12. The first-order valence-electron chi connectivity index (χ1n) is 5.78. The molecule has 0 N–H and O–H groups in total. The first-order chi connectivity index (χ1) is 7.77. The summed E-state index contributed by atoms with van der Waals surface area (Å²) < 4.78 is 1.14. The zero-order valence-corrected chi connectivity index (χ0v) is 10.5. The summed E-state index contributed by atoms with van der Waals surface area (Å²) in [6.45, 7) is 4.17. The number of rotatable bonds is 4. The fraction of sp³-hybridized carbons (Fsp3) is 0.357. The van der Waals surface area contributed by atoms with Crippen molar-refractivity contribution in [3.05, 3.63) is 35.2 Å². The van der Waals surface area contributed by atoms with Crippen molar-refractivity contribution in [2.24, 2.45) is 5.92 Å². The largest absolute Gasteiger partial charge is 0.294 e. The molecule has 1 aromatic heterocycles. The van der Waals surface area contributed by atoms with Crippen LogP contribution in [-0.2, 0) is 0 Å². The van der Waals surface area contributed by atoms with Crippen LogP contribution in [0.15, 0.2) is 29.6 Å². The number of carbonyl (C=O) groups excluding carboxylic acids is 1. The summed E-state index contributed by atoms with van der Waals surface area (Å²) in [5.74, 6) is 0.478. The average molecular weight is 232 g/mol. The number of Topliss-reactive ketones (excluding diaryl/α,β-unsaturated/α-hetero) is 1. The van der Waals surface area contributed by atoms with Gasteiger partial charge in [-0.3, -0.25) is 4.79 Å². The van der Waals surface area contributed by atoms with Gasteiger partial charge in [-0.1, -0.05) is 26.0 Å². The van der Waals surface area contributed by atoms with Gasteiger partial charge in [0.2, 0.25) is 0 Å². The molecule has 0 unspecified atom stereocenters. The Kier molecular flexibility index (Phi) is 3.39. The van der Waals surface area contributed by atoms with E-state index in [2.05, 4.69) is 26.0 Å². The van der Waals surface area contributed by atoms with E-state index in [-0.39, 0.29) is 5.92 Å². The molecule has 0 aliphatic carbocycles. The van der Waals surface area contributed by atoms with Gasteiger partial charge in [0.05, 0.1) is 0 Å². The Morgan fingerprint density at radius 2 is 2.00 bits per heavy atom. The van der Waals surface area contributed by atoms with Crippen LogP contribution in [0.2, 0.25) is 0 Å². The topological polar surface area (TPSA) is 17.1 Å². The Labute approximate surface area is 100 Å². The van der Waals surface area contributed by atoms with Gasteiger partial charge in [-0.2, -0.15) is 0 Å². The third-order valence-corrected chi connectivity index (χ3v) is 4.06. The minimum atomic E-state index is 0.174. The second-order valence-corrected chi connectivity index (χ2v) is 4.94. The second kappa shape index (κ2) is 4.79. The predicted octanol–water partition coefficient (Wildman–Crippen LogP) is 4.52. The Balaban J connectivity index is 2.46. The van der Waals surface area contributed by atoms with E-state index in [1.807, 2.05) is 17.5 Å². The molecule has 0 saturated heterocycles.